The van der Waals surface area contributed by atoms with Gasteiger partial charge in [0.25, 0.3) is 0 Å². The van der Waals surface area contributed by atoms with Crippen molar-refractivity contribution < 1.29 is 9.90 Å². The maximum atomic E-state index is 10.7. The van der Waals surface area contributed by atoms with E-state index in [9.17, 15) is 4.79 Å². The van der Waals surface area contributed by atoms with E-state index in [-0.39, 0.29) is 5.41 Å². The highest BCUT2D eigenvalue weighted by Crippen LogP contribution is 2.28. The summed E-state index contributed by atoms with van der Waals surface area (Å²) in [5.74, 6) is 0.312. The average molecular weight is 295 g/mol. The Bertz CT molecular complexity index is 469. The Morgan fingerprint density at radius 1 is 1.30 bits per heavy atom. The van der Waals surface area contributed by atoms with E-state index < -0.39 is 12.0 Å². The molecule has 0 radical (unpaired) electrons. The van der Waals surface area contributed by atoms with Gasteiger partial charge in [-0.15, -0.1) is 0 Å². The third kappa shape index (κ3) is 4.53. The second-order valence-electron chi connectivity index (χ2n) is 6.30. The monoisotopic (exact) mass is 295 g/mol. The molecule has 0 spiro atoms. The minimum Gasteiger partial charge on any atom is -0.480 e. The molecule has 3 N–H and O–H groups in total. The van der Waals surface area contributed by atoms with Crippen LogP contribution in [0.5, 0.6) is 0 Å². The number of aliphatic carboxylic acids is 1. The summed E-state index contributed by atoms with van der Waals surface area (Å²) in [4.78, 5) is 10.7. The second kappa shape index (κ2) is 6.64. The zero-order chi connectivity index (χ0) is 15.5. The van der Waals surface area contributed by atoms with Gasteiger partial charge in [0.2, 0.25) is 0 Å². The Kier molecular flexibility index (Phi) is 5.66. The van der Waals surface area contributed by atoms with Crippen molar-refractivity contribution in [1.29, 1.82) is 0 Å². The molecule has 1 atom stereocenters. The van der Waals surface area contributed by atoms with Crippen LogP contribution in [0.2, 0.25) is 0 Å². The molecule has 0 aromatic heterocycles. The van der Waals surface area contributed by atoms with Crippen LogP contribution in [-0.4, -0.2) is 22.9 Å². The summed E-state index contributed by atoms with van der Waals surface area (Å²) in [5.41, 5.74) is 10.8. The quantitative estimate of drug-likeness (QED) is 0.875. The number of hydrogen-bond donors (Lipinski definition) is 2. The second-order valence-corrected chi connectivity index (χ2v) is 7.33. The van der Waals surface area contributed by atoms with Gasteiger partial charge in [-0.3, -0.25) is 4.79 Å². The van der Waals surface area contributed by atoms with Gasteiger partial charge in [-0.05, 0) is 41.5 Å². The number of nitrogens with two attached hydrogens (primary N) is 1. The summed E-state index contributed by atoms with van der Waals surface area (Å²) >= 11 is 1.58. The third-order valence-corrected chi connectivity index (χ3v) is 4.51. The first-order chi connectivity index (χ1) is 9.12. The van der Waals surface area contributed by atoms with E-state index in [1.54, 1.807) is 11.8 Å². The molecule has 0 aliphatic heterocycles. The standard InChI is InChI=1S/C16H25NO2S/c1-10-6-12(16(3,4)5)7-11(2)13(10)8-20-9-14(17)15(18)19/h6-7,14H,8-9,17H2,1-5H3,(H,18,19)/t14-/m0/s1. The lowest BCUT2D eigenvalue weighted by Gasteiger charge is -2.22. The summed E-state index contributed by atoms with van der Waals surface area (Å²) in [5, 5.41) is 8.78. The van der Waals surface area contributed by atoms with E-state index in [1.807, 2.05) is 0 Å². The van der Waals surface area contributed by atoms with Gasteiger partial charge in [0.1, 0.15) is 6.04 Å². The molecule has 0 aliphatic rings. The van der Waals surface area contributed by atoms with E-state index >= 15 is 0 Å². The molecule has 0 unspecified atom stereocenters. The minimum absolute atomic E-state index is 0.146. The van der Waals surface area contributed by atoms with Crippen LogP contribution in [-0.2, 0) is 16.0 Å². The molecular weight excluding hydrogens is 270 g/mol. The summed E-state index contributed by atoms with van der Waals surface area (Å²) in [6.45, 7) is 10.9. The van der Waals surface area contributed by atoms with Gasteiger partial charge in [-0.1, -0.05) is 32.9 Å². The van der Waals surface area contributed by atoms with Crippen molar-refractivity contribution in [3.05, 3.63) is 34.4 Å². The molecule has 3 nitrogen and oxygen atoms in total. The van der Waals surface area contributed by atoms with Crippen molar-refractivity contribution in [2.45, 2.75) is 51.8 Å². The number of carboxylic acid groups (broad SMARTS) is 1. The smallest absolute Gasteiger partial charge is 0.321 e. The number of carboxylic acids is 1. The molecular formula is C16H25NO2S. The molecule has 1 rings (SSSR count). The SMILES string of the molecule is Cc1cc(C(C)(C)C)cc(C)c1CSC[C@H](N)C(=O)O. The molecule has 0 fully saturated rings. The lowest BCUT2D eigenvalue weighted by molar-refractivity contribution is -0.137. The normalized spacial score (nSPS) is 13.3. The van der Waals surface area contributed by atoms with Crippen LogP contribution >= 0.6 is 11.8 Å². The van der Waals surface area contributed by atoms with Crippen molar-refractivity contribution >= 4 is 17.7 Å². The largest absolute Gasteiger partial charge is 0.480 e. The first-order valence-corrected chi connectivity index (χ1v) is 7.95. The summed E-state index contributed by atoms with van der Waals surface area (Å²) in [7, 11) is 0. The summed E-state index contributed by atoms with van der Waals surface area (Å²) in [6, 6.07) is 3.69. The average Bonchev–Trinajstić information content (AvgIpc) is 2.30. The molecule has 20 heavy (non-hydrogen) atoms. The van der Waals surface area contributed by atoms with E-state index in [4.69, 9.17) is 10.8 Å². The van der Waals surface area contributed by atoms with E-state index in [2.05, 4.69) is 46.8 Å². The van der Waals surface area contributed by atoms with Gasteiger partial charge in [-0.2, -0.15) is 11.8 Å². The van der Waals surface area contributed by atoms with Crippen LogP contribution in [0.15, 0.2) is 12.1 Å². The fourth-order valence-electron chi connectivity index (χ4n) is 2.01. The zero-order valence-electron chi connectivity index (χ0n) is 13.0. The molecule has 0 bridgehead atoms. The van der Waals surface area contributed by atoms with Crippen molar-refractivity contribution in [2.75, 3.05) is 5.75 Å². The fraction of sp³-hybridized carbons (Fsp3) is 0.562. The van der Waals surface area contributed by atoms with E-state index in [1.165, 1.54) is 22.3 Å². The molecule has 1 aromatic rings. The first kappa shape index (κ1) is 17.1. The van der Waals surface area contributed by atoms with Crippen LogP contribution in [0, 0.1) is 13.8 Å². The van der Waals surface area contributed by atoms with Crippen LogP contribution in [0.4, 0.5) is 0 Å². The Morgan fingerprint density at radius 3 is 2.20 bits per heavy atom. The number of rotatable bonds is 5. The summed E-state index contributed by atoms with van der Waals surface area (Å²) in [6.07, 6.45) is 0. The van der Waals surface area contributed by atoms with Crippen LogP contribution in [0.3, 0.4) is 0 Å². The lowest BCUT2D eigenvalue weighted by Crippen LogP contribution is -2.32. The maximum Gasteiger partial charge on any atom is 0.321 e. The maximum absolute atomic E-state index is 10.7. The van der Waals surface area contributed by atoms with Crippen molar-refractivity contribution in [3.63, 3.8) is 0 Å². The highest BCUT2D eigenvalue weighted by atomic mass is 32.2. The molecule has 0 saturated heterocycles. The Balaban J connectivity index is 2.80. The third-order valence-electron chi connectivity index (χ3n) is 3.42. The van der Waals surface area contributed by atoms with Crippen LogP contribution < -0.4 is 5.73 Å². The van der Waals surface area contributed by atoms with Gasteiger partial charge in [0, 0.05) is 11.5 Å². The fourth-order valence-corrected chi connectivity index (χ4v) is 3.19. The van der Waals surface area contributed by atoms with Crippen molar-refractivity contribution in [2.24, 2.45) is 5.73 Å². The van der Waals surface area contributed by atoms with Gasteiger partial charge in [0.15, 0.2) is 0 Å². The highest BCUT2D eigenvalue weighted by Gasteiger charge is 2.17. The molecule has 4 heteroatoms. The molecule has 0 saturated carbocycles. The lowest BCUT2D eigenvalue weighted by atomic mass is 9.84. The van der Waals surface area contributed by atoms with Gasteiger partial charge in [-0.25, -0.2) is 0 Å². The van der Waals surface area contributed by atoms with E-state index in [0.717, 1.165) is 5.75 Å². The van der Waals surface area contributed by atoms with Gasteiger partial charge >= 0.3 is 5.97 Å². The van der Waals surface area contributed by atoms with E-state index in [0.29, 0.717) is 5.75 Å². The Hall–Kier alpha value is -1.00. The molecule has 112 valence electrons. The van der Waals surface area contributed by atoms with Gasteiger partial charge in [0.05, 0.1) is 0 Å². The van der Waals surface area contributed by atoms with Crippen molar-refractivity contribution in [1.82, 2.24) is 0 Å². The Labute approximate surface area is 125 Å². The predicted molar refractivity (Wildman–Crippen MR) is 86.4 cm³/mol. The van der Waals surface area contributed by atoms with Crippen LogP contribution in [0.25, 0.3) is 0 Å². The van der Waals surface area contributed by atoms with Crippen LogP contribution in [0.1, 0.15) is 43.0 Å². The molecule has 0 heterocycles. The molecule has 0 aliphatic carbocycles. The zero-order valence-corrected chi connectivity index (χ0v) is 13.8. The number of benzene rings is 1. The highest BCUT2D eigenvalue weighted by molar-refractivity contribution is 7.98. The summed E-state index contributed by atoms with van der Waals surface area (Å²) < 4.78 is 0. The first-order valence-electron chi connectivity index (χ1n) is 6.79. The number of aryl methyl sites for hydroxylation is 2. The van der Waals surface area contributed by atoms with Crippen molar-refractivity contribution in [3.8, 4) is 0 Å². The Morgan fingerprint density at radius 2 is 1.80 bits per heavy atom. The topological polar surface area (TPSA) is 63.3 Å². The minimum atomic E-state index is -0.936. The predicted octanol–water partition coefficient (Wildman–Crippen LogP) is 3.25. The molecule has 0 amide bonds. The number of carbonyl (C=O) groups is 1. The number of hydrogen-bond acceptors (Lipinski definition) is 3. The molecule has 1 aromatic carbocycles. The van der Waals surface area contributed by atoms with Gasteiger partial charge < -0.3 is 10.8 Å². The number of thioether (sulfide) groups is 1.